The molecule has 0 atom stereocenters. The van der Waals surface area contributed by atoms with Crippen LogP contribution in [-0.4, -0.2) is 23.7 Å². The second kappa shape index (κ2) is 7.20. The summed E-state index contributed by atoms with van der Waals surface area (Å²) in [5.74, 6) is -1.28. The Morgan fingerprint density at radius 2 is 2.16 bits per heavy atom. The highest BCUT2D eigenvalue weighted by molar-refractivity contribution is 5.86. The van der Waals surface area contributed by atoms with Gasteiger partial charge in [0.2, 0.25) is 0 Å². The van der Waals surface area contributed by atoms with Crippen LogP contribution in [0.25, 0.3) is 6.08 Å². The van der Waals surface area contributed by atoms with Crippen molar-refractivity contribution in [3.63, 3.8) is 0 Å². The molecule has 0 radical (unpaired) electrons. The molecule has 19 heavy (non-hydrogen) atoms. The van der Waals surface area contributed by atoms with Crippen molar-refractivity contribution in [3.8, 4) is 0 Å². The molecule has 0 heterocycles. The number of nitrogens with two attached hydrogens (primary N) is 1. The van der Waals surface area contributed by atoms with Crippen LogP contribution in [0.3, 0.4) is 0 Å². The maximum atomic E-state index is 11.2. The SMILES string of the molecule is CCOC(=O)CCc1ccc(N)c(/C=C/C(=O)O)c1. The third-order valence-corrected chi connectivity index (χ3v) is 2.48. The van der Waals surface area contributed by atoms with Crippen LogP contribution in [0.1, 0.15) is 24.5 Å². The third kappa shape index (κ3) is 5.25. The van der Waals surface area contributed by atoms with Crippen LogP contribution in [-0.2, 0) is 20.7 Å². The molecule has 5 nitrogen and oxygen atoms in total. The Kier molecular flexibility index (Phi) is 5.60. The third-order valence-electron chi connectivity index (χ3n) is 2.48. The molecule has 1 rings (SSSR count). The molecular formula is C14H17NO4. The Morgan fingerprint density at radius 1 is 1.42 bits per heavy atom. The van der Waals surface area contributed by atoms with E-state index in [4.69, 9.17) is 15.6 Å². The highest BCUT2D eigenvalue weighted by Crippen LogP contribution is 2.17. The van der Waals surface area contributed by atoms with E-state index in [0.29, 0.717) is 30.7 Å². The molecule has 0 aromatic heterocycles. The molecule has 5 heteroatoms. The highest BCUT2D eigenvalue weighted by Gasteiger charge is 2.04. The van der Waals surface area contributed by atoms with E-state index in [2.05, 4.69) is 0 Å². The number of carboxylic acid groups (broad SMARTS) is 1. The van der Waals surface area contributed by atoms with E-state index in [-0.39, 0.29) is 5.97 Å². The van der Waals surface area contributed by atoms with Crippen molar-refractivity contribution in [1.29, 1.82) is 0 Å². The molecule has 0 fully saturated rings. The molecule has 102 valence electrons. The molecular weight excluding hydrogens is 246 g/mol. The summed E-state index contributed by atoms with van der Waals surface area (Å²) in [5.41, 5.74) is 7.78. The van der Waals surface area contributed by atoms with Crippen molar-refractivity contribution < 1.29 is 19.4 Å². The molecule has 3 N–H and O–H groups in total. The Morgan fingerprint density at radius 3 is 2.79 bits per heavy atom. The first-order valence-corrected chi connectivity index (χ1v) is 5.98. The molecule has 0 spiro atoms. The predicted molar refractivity (Wildman–Crippen MR) is 72.5 cm³/mol. The fourth-order valence-corrected chi connectivity index (χ4v) is 1.56. The molecule has 0 saturated carbocycles. The Labute approximate surface area is 111 Å². The minimum Gasteiger partial charge on any atom is -0.478 e. The topological polar surface area (TPSA) is 89.6 Å². The Hall–Kier alpha value is -2.30. The second-order valence-electron chi connectivity index (χ2n) is 3.94. The standard InChI is InChI=1S/C14H17NO4/c1-2-19-14(18)8-4-10-3-6-12(15)11(9-10)5-7-13(16)17/h3,5-7,9H,2,4,8,15H2,1H3,(H,16,17)/b7-5+. The molecule has 0 aliphatic rings. The van der Waals surface area contributed by atoms with Crippen molar-refractivity contribution in [3.05, 3.63) is 35.4 Å². The maximum absolute atomic E-state index is 11.2. The van der Waals surface area contributed by atoms with Crippen LogP contribution >= 0.6 is 0 Å². The molecule has 0 unspecified atom stereocenters. The first kappa shape index (κ1) is 14.8. The van der Waals surface area contributed by atoms with Crippen LogP contribution in [0.2, 0.25) is 0 Å². The zero-order valence-corrected chi connectivity index (χ0v) is 10.8. The van der Waals surface area contributed by atoms with Crippen molar-refractivity contribution >= 4 is 23.7 Å². The lowest BCUT2D eigenvalue weighted by Gasteiger charge is -2.05. The minimum absolute atomic E-state index is 0.248. The largest absolute Gasteiger partial charge is 0.478 e. The molecule has 0 saturated heterocycles. The van der Waals surface area contributed by atoms with E-state index in [1.165, 1.54) is 6.08 Å². The summed E-state index contributed by atoms with van der Waals surface area (Å²) >= 11 is 0. The van der Waals surface area contributed by atoms with Gasteiger partial charge in [0.15, 0.2) is 0 Å². The van der Waals surface area contributed by atoms with Crippen LogP contribution in [0.4, 0.5) is 5.69 Å². The molecule has 0 bridgehead atoms. The van der Waals surface area contributed by atoms with Gasteiger partial charge in [-0.05, 0) is 42.7 Å². The summed E-state index contributed by atoms with van der Waals surface area (Å²) in [7, 11) is 0. The molecule has 1 aromatic carbocycles. The lowest BCUT2D eigenvalue weighted by Crippen LogP contribution is -2.05. The number of hydrogen-bond donors (Lipinski definition) is 2. The van der Waals surface area contributed by atoms with Gasteiger partial charge in [-0.2, -0.15) is 0 Å². The molecule has 1 aromatic rings. The number of ether oxygens (including phenoxy) is 1. The van der Waals surface area contributed by atoms with Gasteiger partial charge >= 0.3 is 11.9 Å². The number of carbonyl (C=O) groups is 2. The van der Waals surface area contributed by atoms with E-state index < -0.39 is 5.97 Å². The summed E-state index contributed by atoms with van der Waals surface area (Å²) in [6.07, 6.45) is 3.29. The minimum atomic E-state index is -1.03. The maximum Gasteiger partial charge on any atom is 0.328 e. The van der Waals surface area contributed by atoms with Gasteiger partial charge in [0.05, 0.1) is 6.61 Å². The van der Waals surface area contributed by atoms with E-state index in [9.17, 15) is 9.59 Å². The zero-order chi connectivity index (χ0) is 14.3. The summed E-state index contributed by atoms with van der Waals surface area (Å²) in [6.45, 7) is 2.13. The fraction of sp³-hybridized carbons (Fsp3) is 0.286. The number of nitrogen functional groups attached to an aromatic ring is 1. The van der Waals surface area contributed by atoms with Gasteiger partial charge in [0.25, 0.3) is 0 Å². The van der Waals surface area contributed by atoms with Crippen LogP contribution in [0.15, 0.2) is 24.3 Å². The number of hydrogen-bond acceptors (Lipinski definition) is 4. The summed E-state index contributed by atoms with van der Waals surface area (Å²) in [6, 6.07) is 5.28. The smallest absolute Gasteiger partial charge is 0.328 e. The lowest BCUT2D eigenvalue weighted by atomic mass is 10.0. The van der Waals surface area contributed by atoms with Gasteiger partial charge in [-0.15, -0.1) is 0 Å². The van der Waals surface area contributed by atoms with Crippen LogP contribution in [0, 0.1) is 0 Å². The number of rotatable bonds is 6. The van der Waals surface area contributed by atoms with E-state index in [0.717, 1.165) is 11.6 Å². The molecule has 0 aliphatic heterocycles. The lowest BCUT2D eigenvalue weighted by molar-refractivity contribution is -0.143. The number of aliphatic carboxylic acids is 1. The monoisotopic (exact) mass is 263 g/mol. The van der Waals surface area contributed by atoms with Gasteiger partial charge in [-0.25, -0.2) is 4.79 Å². The average Bonchev–Trinajstić information content (AvgIpc) is 2.36. The summed E-state index contributed by atoms with van der Waals surface area (Å²) in [5, 5.41) is 8.58. The van der Waals surface area contributed by atoms with Crippen molar-refractivity contribution in [1.82, 2.24) is 0 Å². The van der Waals surface area contributed by atoms with Gasteiger partial charge in [0.1, 0.15) is 0 Å². The van der Waals surface area contributed by atoms with Gasteiger partial charge in [-0.1, -0.05) is 6.07 Å². The first-order valence-electron chi connectivity index (χ1n) is 5.98. The number of carbonyl (C=O) groups excluding carboxylic acids is 1. The Balaban J connectivity index is 2.73. The molecule has 0 aliphatic carbocycles. The second-order valence-corrected chi connectivity index (χ2v) is 3.94. The number of carboxylic acids is 1. The van der Waals surface area contributed by atoms with Crippen LogP contribution < -0.4 is 5.73 Å². The van der Waals surface area contributed by atoms with E-state index >= 15 is 0 Å². The number of esters is 1. The quantitative estimate of drug-likeness (QED) is 0.464. The summed E-state index contributed by atoms with van der Waals surface area (Å²) < 4.78 is 4.84. The molecule has 0 amide bonds. The highest BCUT2D eigenvalue weighted by atomic mass is 16.5. The van der Waals surface area contributed by atoms with Crippen molar-refractivity contribution in [2.45, 2.75) is 19.8 Å². The fourth-order valence-electron chi connectivity index (χ4n) is 1.56. The zero-order valence-electron chi connectivity index (χ0n) is 10.8. The Bertz CT molecular complexity index is 494. The number of anilines is 1. The normalized spacial score (nSPS) is 10.6. The van der Waals surface area contributed by atoms with E-state index in [1.54, 1.807) is 19.1 Å². The van der Waals surface area contributed by atoms with Crippen molar-refractivity contribution in [2.24, 2.45) is 0 Å². The van der Waals surface area contributed by atoms with Gasteiger partial charge in [0, 0.05) is 18.2 Å². The first-order chi connectivity index (χ1) is 9.02. The average molecular weight is 263 g/mol. The van der Waals surface area contributed by atoms with Crippen LogP contribution in [0.5, 0.6) is 0 Å². The predicted octanol–water partition coefficient (Wildman–Crippen LogP) is 1.86. The summed E-state index contributed by atoms with van der Waals surface area (Å²) in [4.78, 5) is 21.7. The number of benzene rings is 1. The van der Waals surface area contributed by atoms with Gasteiger partial charge < -0.3 is 15.6 Å². The van der Waals surface area contributed by atoms with Crippen molar-refractivity contribution in [2.75, 3.05) is 12.3 Å². The van der Waals surface area contributed by atoms with E-state index in [1.807, 2.05) is 6.07 Å². The van der Waals surface area contributed by atoms with Gasteiger partial charge in [-0.3, -0.25) is 4.79 Å². The number of aryl methyl sites for hydroxylation is 1.